The molecule has 1 aromatic rings. The van der Waals surface area contributed by atoms with Crippen LogP contribution in [0.5, 0.6) is 0 Å². The lowest BCUT2D eigenvalue weighted by molar-refractivity contribution is -0.142. The lowest BCUT2D eigenvalue weighted by atomic mass is 9.95. The average molecular weight is 522 g/mol. The summed E-state index contributed by atoms with van der Waals surface area (Å²) in [6.07, 6.45) is 4.23. The van der Waals surface area contributed by atoms with Gasteiger partial charge in [-0.3, -0.25) is 9.59 Å². The van der Waals surface area contributed by atoms with Crippen LogP contribution in [0.3, 0.4) is 0 Å². The van der Waals surface area contributed by atoms with E-state index < -0.39 is 23.8 Å². The molecule has 3 atom stereocenters. The van der Waals surface area contributed by atoms with E-state index in [4.69, 9.17) is 4.74 Å². The molecule has 0 saturated carbocycles. The number of aryl methyl sites for hydroxylation is 2. The Hall–Kier alpha value is -2.22. The van der Waals surface area contributed by atoms with Gasteiger partial charge in [0.2, 0.25) is 11.8 Å². The van der Waals surface area contributed by atoms with Crippen LogP contribution in [0.4, 0.5) is 4.79 Å². The van der Waals surface area contributed by atoms with Crippen LogP contribution in [0.15, 0.2) is 18.2 Å². The third kappa shape index (κ3) is 10.4. The highest BCUT2D eigenvalue weighted by molar-refractivity contribution is 7.98. The van der Waals surface area contributed by atoms with Crippen molar-refractivity contribution in [3.05, 3.63) is 34.9 Å². The number of carbonyl (C=O) groups is 3. The van der Waals surface area contributed by atoms with Gasteiger partial charge >= 0.3 is 6.09 Å². The van der Waals surface area contributed by atoms with Crippen molar-refractivity contribution in [2.75, 3.05) is 18.6 Å². The van der Waals surface area contributed by atoms with Crippen LogP contribution in [0.2, 0.25) is 0 Å². The van der Waals surface area contributed by atoms with Gasteiger partial charge in [-0.25, -0.2) is 4.79 Å². The van der Waals surface area contributed by atoms with Gasteiger partial charge in [-0.15, -0.1) is 0 Å². The zero-order valence-electron chi connectivity index (χ0n) is 23.7. The molecule has 36 heavy (non-hydrogen) atoms. The fourth-order valence-electron chi connectivity index (χ4n) is 4.16. The SMILES string of the molecule is CCCC(C)NC(=O)C(c1ccc(C)cc1C)N(CCC)C(=O)C(CCSC)NC(=O)OC(C)(C)C. The van der Waals surface area contributed by atoms with Gasteiger partial charge in [-0.2, -0.15) is 11.8 Å². The Bertz CT molecular complexity index is 869. The number of hydrogen-bond acceptors (Lipinski definition) is 5. The van der Waals surface area contributed by atoms with Gasteiger partial charge in [0.1, 0.15) is 17.7 Å². The van der Waals surface area contributed by atoms with E-state index in [1.54, 1.807) is 37.4 Å². The largest absolute Gasteiger partial charge is 0.444 e. The van der Waals surface area contributed by atoms with Crippen molar-refractivity contribution in [3.8, 4) is 0 Å². The third-order valence-electron chi connectivity index (χ3n) is 5.74. The molecule has 3 amide bonds. The Morgan fingerprint density at radius 2 is 1.72 bits per heavy atom. The van der Waals surface area contributed by atoms with E-state index in [1.165, 1.54) is 0 Å². The first kappa shape index (κ1) is 31.8. The Morgan fingerprint density at radius 1 is 1.06 bits per heavy atom. The van der Waals surface area contributed by atoms with Crippen molar-refractivity contribution in [2.24, 2.45) is 0 Å². The minimum atomic E-state index is -0.798. The van der Waals surface area contributed by atoms with E-state index >= 15 is 0 Å². The molecule has 0 aliphatic carbocycles. The third-order valence-corrected chi connectivity index (χ3v) is 6.38. The van der Waals surface area contributed by atoms with Crippen molar-refractivity contribution < 1.29 is 19.1 Å². The van der Waals surface area contributed by atoms with Crippen LogP contribution in [0.25, 0.3) is 0 Å². The minimum Gasteiger partial charge on any atom is -0.444 e. The molecule has 0 aromatic heterocycles. The highest BCUT2D eigenvalue weighted by Gasteiger charge is 2.36. The topological polar surface area (TPSA) is 87.7 Å². The molecular weight excluding hydrogens is 474 g/mol. The van der Waals surface area contributed by atoms with E-state index in [-0.39, 0.29) is 17.9 Å². The molecule has 8 heteroatoms. The summed E-state index contributed by atoms with van der Waals surface area (Å²) in [5.41, 5.74) is 2.15. The Morgan fingerprint density at radius 3 is 2.25 bits per heavy atom. The molecule has 0 aliphatic rings. The van der Waals surface area contributed by atoms with Gasteiger partial charge in [-0.05, 0) is 83.9 Å². The summed E-state index contributed by atoms with van der Waals surface area (Å²) in [7, 11) is 0. The molecule has 0 heterocycles. The van der Waals surface area contributed by atoms with Crippen LogP contribution in [-0.4, -0.2) is 59.0 Å². The Kier molecular flexibility index (Phi) is 13.4. The normalized spacial score (nSPS) is 13.9. The van der Waals surface area contributed by atoms with Crippen LogP contribution >= 0.6 is 11.8 Å². The Balaban J connectivity index is 3.46. The first-order valence-electron chi connectivity index (χ1n) is 13.0. The van der Waals surface area contributed by atoms with E-state index in [1.807, 2.05) is 52.1 Å². The van der Waals surface area contributed by atoms with Gasteiger partial charge < -0.3 is 20.3 Å². The molecule has 0 spiro atoms. The van der Waals surface area contributed by atoms with Gasteiger partial charge in [0, 0.05) is 12.6 Å². The van der Waals surface area contributed by atoms with Crippen LogP contribution in [-0.2, 0) is 14.3 Å². The van der Waals surface area contributed by atoms with E-state index in [9.17, 15) is 14.4 Å². The van der Waals surface area contributed by atoms with Crippen LogP contribution in [0, 0.1) is 13.8 Å². The van der Waals surface area contributed by atoms with Gasteiger partial charge in [0.05, 0.1) is 0 Å². The van der Waals surface area contributed by atoms with Crippen molar-refractivity contribution >= 4 is 29.7 Å². The monoisotopic (exact) mass is 521 g/mol. The number of ether oxygens (including phenoxy) is 1. The van der Waals surface area contributed by atoms with Gasteiger partial charge in [0.25, 0.3) is 0 Å². The highest BCUT2D eigenvalue weighted by atomic mass is 32.2. The van der Waals surface area contributed by atoms with Crippen LogP contribution < -0.4 is 10.6 Å². The molecule has 0 fully saturated rings. The lowest BCUT2D eigenvalue weighted by Gasteiger charge is -2.35. The quantitative estimate of drug-likeness (QED) is 0.356. The van der Waals surface area contributed by atoms with E-state index in [0.717, 1.165) is 29.5 Å². The molecule has 0 radical (unpaired) electrons. The van der Waals surface area contributed by atoms with Gasteiger partial charge in [0.15, 0.2) is 0 Å². The number of nitrogens with zero attached hydrogens (tertiary/aromatic N) is 1. The fourth-order valence-corrected chi connectivity index (χ4v) is 4.63. The number of hydrogen-bond donors (Lipinski definition) is 2. The molecular formula is C28H47N3O4S. The van der Waals surface area contributed by atoms with Crippen molar-refractivity contribution in [2.45, 2.75) is 105 Å². The number of nitrogens with one attached hydrogen (secondary N) is 2. The summed E-state index contributed by atoms with van der Waals surface area (Å²) < 4.78 is 5.44. The highest BCUT2D eigenvalue weighted by Crippen LogP contribution is 2.27. The lowest BCUT2D eigenvalue weighted by Crippen LogP contribution is -2.54. The first-order chi connectivity index (χ1) is 16.8. The smallest absolute Gasteiger partial charge is 0.408 e. The molecule has 1 aromatic carbocycles. The van der Waals surface area contributed by atoms with E-state index in [0.29, 0.717) is 25.1 Å². The number of amides is 3. The number of rotatable bonds is 13. The number of alkyl carbamates (subject to hydrolysis) is 1. The second kappa shape index (κ2) is 15.1. The second-order valence-corrected chi connectivity index (χ2v) is 11.5. The standard InChI is InChI=1S/C28H47N3O4S/c1-10-12-21(5)29-25(32)24(22-14-13-19(3)18-20(22)4)31(16-11-2)26(33)23(15-17-36-9)30-27(34)35-28(6,7)8/h13-14,18,21,23-24H,10-12,15-17H2,1-9H3,(H,29,32)(H,30,34). The summed E-state index contributed by atoms with van der Waals surface area (Å²) in [5.74, 6) is 0.200. The maximum atomic E-state index is 14.0. The molecule has 0 saturated heterocycles. The zero-order valence-corrected chi connectivity index (χ0v) is 24.5. The van der Waals surface area contributed by atoms with Crippen molar-refractivity contribution in [1.29, 1.82) is 0 Å². The van der Waals surface area contributed by atoms with E-state index in [2.05, 4.69) is 17.6 Å². The summed E-state index contributed by atoms with van der Waals surface area (Å²) in [6, 6.07) is 4.33. The summed E-state index contributed by atoms with van der Waals surface area (Å²) in [4.78, 5) is 42.0. The predicted octanol–water partition coefficient (Wildman–Crippen LogP) is 5.53. The second-order valence-electron chi connectivity index (χ2n) is 10.5. The predicted molar refractivity (Wildman–Crippen MR) is 149 cm³/mol. The maximum Gasteiger partial charge on any atom is 0.408 e. The molecule has 3 unspecified atom stereocenters. The fraction of sp³-hybridized carbons (Fsp3) is 0.679. The minimum absolute atomic E-state index is 0.0125. The van der Waals surface area contributed by atoms with Gasteiger partial charge in [-0.1, -0.05) is 44.0 Å². The molecule has 7 nitrogen and oxygen atoms in total. The average Bonchev–Trinajstić information content (AvgIpc) is 2.76. The van der Waals surface area contributed by atoms with Crippen LogP contribution in [0.1, 0.15) is 90.0 Å². The zero-order chi connectivity index (χ0) is 27.5. The summed E-state index contributed by atoms with van der Waals surface area (Å²) >= 11 is 1.60. The molecule has 1 rings (SSSR count). The molecule has 204 valence electrons. The Labute approximate surface area is 222 Å². The summed E-state index contributed by atoms with van der Waals surface area (Å²) in [6.45, 7) is 15.8. The number of carbonyl (C=O) groups excluding carboxylic acids is 3. The molecule has 0 aliphatic heterocycles. The number of benzene rings is 1. The van der Waals surface area contributed by atoms with Crippen molar-refractivity contribution in [1.82, 2.24) is 15.5 Å². The number of thioether (sulfide) groups is 1. The van der Waals surface area contributed by atoms with Crippen molar-refractivity contribution in [3.63, 3.8) is 0 Å². The summed E-state index contributed by atoms with van der Waals surface area (Å²) in [5, 5.41) is 5.90. The maximum absolute atomic E-state index is 14.0. The molecule has 2 N–H and O–H groups in total. The first-order valence-corrected chi connectivity index (χ1v) is 14.4. The molecule has 0 bridgehead atoms.